The second-order valence-corrected chi connectivity index (χ2v) is 7.49. The summed E-state index contributed by atoms with van der Waals surface area (Å²) in [7, 11) is 0.251. The third-order valence-corrected chi connectivity index (χ3v) is 5.34. The summed E-state index contributed by atoms with van der Waals surface area (Å²) in [6.07, 6.45) is 3.04. The molecule has 1 heterocycles. The van der Waals surface area contributed by atoms with Crippen LogP contribution in [0.25, 0.3) is 0 Å². The molecule has 1 unspecified atom stereocenters. The van der Waals surface area contributed by atoms with Crippen molar-refractivity contribution in [2.24, 2.45) is 5.92 Å². The molecule has 0 aromatic rings. The number of likely N-dealkylation sites (N-methyl/N-ethyl adjacent to an activating group) is 1. The van der Waals surface area contributed by atoms with Crippen molar-refractivity contribution in [2.45, 2.75) is 39.2 Å². The van der Waals surface area contributed by atoms with Gasteiger partial charge in [-0.25, -0.2) is 0 Å². The summed E-state index contributed by atoms with van der Waals surface area (Å²) in [5, 5.41) is 3.09. The maximum atomic E-state index is 12.5. The van der Waals surface area contributed by atoms with Crippen molar-refractivity contribution in [1.82, 2.24) is 13.9 Å². The molecule has 1 aliphatic rings. The van der Waals surface area contributed by atoms with E-state index in [4.69, 9.17) is 0 Å². The molecule has 108 valence electrons. The van der Waals surface area contributed by atoms with E-state index in [9.17, 15) is 8.42 Å². The fraction of sp³-hybridized carbons (Fsp3) is 1.00. The second-order valence-electron chi connectivity index (χ2n) is 5.50. The Morgan fingerprint density at radius 2 is 2.06 bits per heavy atom. The Morgan fingerprint density at radius 3 is 2.61 bits per heavy atom. The van der Waals surface area contributed by atoms with E-state index in [1.165, 1.54) is 4.31 Å². The standard InChI is InChI=1S/C12H27N3O2S/c1-11(2)10-14(4)18(16,17)15-8-6-5-7-12(15)9-13-3/h11-13H,5-10H2,1-4H3. The van der Waals surface area contributed by atoms with Crippen LogP contribution in [0.4, 0.5) is 0 Å². The normalized spacial score (nSPS) is 22.9. The molecule has 0 aromatic heterocycles. The molecule has 6 heteroatoms. The minimum atomic E-state index is -3.30. The van der Waals surface area contributed by atoms with E-state index in [1.807, 2.05) is 20.9 Å². The highest BCUT2D eigenvalue weighted by molar-refractivity contribution is 7.86. The predicted octanol–water partition coefficient (Wildman–Crippen LogP) is 0.893. The first-order chi connectivity index (χ1) is 8.39. The fourth-order valence-electron chi connectivity index (χ4n) is 2.50. The van der Waals surface area contributed by atoms with Gasteiger partial charge < -0.3 is 5.32 Å². The Morgan fingerprint density at radius 1 is 1.39 bits per heavy atom. The van der Waals surface area contributed by atoms with Crippen molar-refractivity contribution in [3.8, 4) is 0 Å². The van der Waals surface area contributed by atoms with Crippen LogP contribution in [0, 0.1) is 5.92 Å². The summed E-state index contributed by atoms with van der Waals surface area (Å²) in [6, 6.07) is 0.100. The molecule has 1 rings (SSSR count). The average Bonchev–Trinajstić information content (AvgIpc) is 2.29. The van der Waals surface area contributed by atoms with Gasteiger partial charge in [0.25, 0.3) is 10.2 Å². The van der Waals surface area contributed by atoms with Crippen LogP contribution in [0.3, 0.4) is 0 Å². The molecule has 0 bridgehead atoms. The van der Waals surface area contributed by atoms with Gasteiger partial charge in [0.05, 0.1) is 0 Å². The SMILES string of the molecule is CNCC1CCCCN1S(=O)(=O)N(C)CC(C)C. The minimum Gasteiger partial charge on any atom is -0.318 e. The average molecular weight is 277 g/mol. The Labute approximate surface area is 112 Å². The van der Waals surface area contributed by atoms with Gasteiger partial charge in [-0.1, -0.05) is 20.3 Å². The fourth-order valence-corrected chi connectivity index (χ4v) is 4.27. The van der Waals surface area contributed by atoms with E-state index in [1.54, 1.807) is 11.4 Å². The molecule has 1 N–H and O–H groups in total. The summed E-state index contributed by atoms with van der Waals surface area (Å²) in [5.41, 5.74) is 0. The Kier molecular flexibility index (Phi) is 6.04. The lowest BCUT2D eigenvalue weighted by molar-refractivity contribution is 0.230. The van der Waals surface area contributed by atoms with Gasteiger partial charge in [-0.05, 0) is 25.8 Å². The minimum absolute atomic E-state index is 0.100. The summed E-state index contributed by atoms with van der Waals surface area (Å²) in [6.45, 7) is 6.03. The van der Waals surface area contributed by atoms with Gasteiger partial charge in [0.2, 0.25) is 0 Å². The third kappa shape index (κ3) is 3.91. The molecule has 0 aromatic carbocycles. The second kappa shape index (κ2) is 6.84. The van der Waals surface area contributed by atoms with E-state index in [0.29, 0.717) is 19.0 Å². The largest absolute Gasteiger partial charge is 0.318 e. The maximum Gasteiger partial charge on any atom is 0.282 e. The number of piperidine rings is 1. The molecule has 1 fully saturated rings. The quantitative estimate of drug-likeness (QED) is 0.784. The van der Waals surface area contributed by atoms with E-state index in [-0.39, 0.29) is 6.04 Å². The number of hydrogen-bond acceptors (Lipinski definition) is 3. The first kappa shape index (κ1) is 15.9. The molecular weight excluding hydrogens is 250 g/mol. The molecule has 0 aliphatic carbocycles. The zero-order valence-electron chi connectivity index (χ0n) is 12.0. The van der Waals surface area contributed by atoms with Gasteiger partial charge in [-0.2, -0.15) is 17.0 Å². The predicted molar refractivity (Wildman–Crippen MR) is 74.7 cm³/mol. The topological polar surface area (TPSA) is 52.7 Å². The lowest BCUT2D eigenvalue weighted by atomic mass is 10.1. The zero-order valence-corrected chi connectivity index (χ0v) is 12.8. The van der Waals surface area contributed by atoms with Crippen molar-refractivity contribution in [3.63, 3.8) is 0 Å². The van der Waals surface area contributed by atoms with Crippen LogP contribution in [0.1, 0.15) is 33.1 Å². The molecule has 5 nitrogen and oxygen atoms in total. The first-order valence-corrected chi connectivity index (χ1v) is 8.17. The highest BCUT2D eigenvalue weighted by atomic mass is 32.2. The Bertz CT molecular complexity index is 341. The van der Waals surface area contributed by atoms with E-state index in [2.05, 4.69) is 5.32 Å². The van der Waals surface area contributed by atoms with Crippen molar-refractivity contribution in [2.75, 3.05) is 33.7 Å². The molecule has 0 amide bonds. The monoisotopic (exact) mass is 277 g/mol. The summed E-state index contributed by atoms with van der Waals surface area (Å²) in [4.78, 5) is 0. The van der Waals surface area contributed by atoms with E-state index in [0.717, 1.165) is 25.8 Å². The van der Waals surface area contributed by atoms with Gasteiger partial charge in [-0.3, -0.25) is 0 Å². The Balaban J connectivity index is 2.80. The van der Waals surface area contributed by atoms with Gasteiger partial charge >= 0.3 is 0 Å². The van der Waals surface area contributed by atoms with Crippen LogP contribution in [0.5, 0.6) is 0 Å². The lowest BCUT2D eigenvalue weighted by Crippen LogP contribution is -2.52. The van der Waals surface area contributed by atoms with Crippen LogP contribution in [0.2, 0.25) is 0 Å². The molecule has 1 aliphatic heterocycles. The van der Waals surface area contributed by atoms with Crippen molar-refractivity contribution in [1.29, 1.82) is 0 Å². The molecule has 0 radical (unpaired) electrons. The van der Waals surface area contributed by atoms with Crippen LogP contribution in [0.15, 0.2) is 0 Å². The zero-order chi connectivity index (χ0) is 13.8. The van der Waals surface area contributed by atoms with Gasteiger partial charge in [-0.15, -0.1) is 0 Å². The summed E-state index contributed by atoms with van der Waals surface area (Å²) in [5.74, 6) is 0.345. The maximum absolute atomic E-state index is 12.5. The van der Waals surface area contributed by atoms with Crippen molar-refractivity contribution in [3.05, 3.63) is 0 Å². The molecule has 1 atom stereocenters. The number of rotatable bonds is 6. The molecular formula is C12H27N3O2S. The highest BCUT2D eigenvalue weighted by Gasteiger charge is 2.34. The molecule has 0 saturated carbocycles. The molecule has 0 spiro atoms. The number of nitrogens with one attached hydrogen (secondary N) is 1. The third-order valence-electron chi connectivity index (χ3n) is 3.33. The summed E-state index contributed by atoms with van der Waals surface area (Å²) < 4.78 is 28.2. The Hall–Kier alpha value is -0.170. The van der Waals surface area contributed by atoms with Gasteiger partial charge in [0.1, 0.15) is 0 Å². The smallest absolute Gasteiger partial charge is 0.282 e. The number of hydrogen-bond donors (Lipinski definition) is 1. The molecule has 1 saturated heterocycles. The van der Waals surface area contributed by atoms with Crippen LogP contribution >= 0.6 is 0 Å². The van der Waals surface area contributed by atoms with Crippen molar-refractivity contribution >= 4 is 10.2 Å². The van der Waals surface area contributed by atoms with Crippen LogP contribution in [-0.4, -0.2) is 56.8 Å². The van der Waals surface area contributed by atoms with Crippen LogP contribution < -0.4 is 5.32 Å². The highest BCUT2D eigenvalue weighted by Crippen LogP contribution is 2.22. The number of nitrogens with zero attached hydrogens (tertiary/aromatic N) is 2. The van der Waals surface area contributed by atoms with Gasteiger partial charge in [0, 0.05) is 32.7 Å². The van der Waals surface area contributed by atoms with Gasteiger partial charge in [0.15, 0.2) is 0 Å². The lowest BCUT2D eigenvalue weighted by Gasteiger charge is -2.37. The van der Waals surface area contributed by atoms with E-state index < -0.39 is 10.2 Å². The first-order valence-electron chi connectivity index (χ1n) is 6.77. The van der Waals surface area contributed by atoms with E-state index >= 15 is 0 Å². The van der Waals surface area contributed by atoms with Crippen LogP contribution in [-0.2, 0) is 10.2 Å². The summed E-state index contributed by atoms with van der Waals surface area (Å²) >= 11 is 0. The molecule has 18 heavy (non-hydrogen) atoms. The van der Waals surface area contributed by atoms with Crippen molar-refractivity contribution < 1.29 is 8.42 Å².